The molecule has 1 aromatic rings. The highest BCUT2D eigenvalue weighted by Crippen LogP contribution is 2.40. The summed E-state index contributed by atoms with van der Waals surface area (Å²) in [5, 5.41) is 4.39. The molecular formula is C15H28N4. The second kappa shape index (κ2) is 6.06. The summed E-state index contributed by atoms with van der Waals surface area (Å²) in [5.41, 5.74) is 7.81. The van der Waals surface area contributed by atoms with Gasteiger partial charge in [0.15, 0.2) is 0 Å². The normalized spacial score (nSPS) is 20.8. The molecule has 108 valence electrons. The van der Waals surface area contributed by atoms with Crippen molar-refractivity contribution in [1.82, 2.24) is 14.7 Å². The van der Waals surface area contributed by atoms with Crippen LogP contribution in [0.4, 0.5) is 0 Å². The summed E-state index contributed by atoms with van der Waals surface area (Å²) in [6, 6.07) is 0.334. The van der Waals surface area contributed by atoms with Gasteiger partial charge in [0.25, 0.3) is 0 Å². The fourth-order valence-corrected chi connectivity index (χ4v) is 3.28. The van der Waals surface area contributed by atoms with Crippen molar-refractivity contribution in [2.45, 2.75) is 52.6 Å². The third-order valence-electron chi connectivity index (χ3n) is 4.99. The fraction of sp³-hybridized carbons (Fsp3) is 0.800. The fourth-order valence-electron chi connectivity index (χ4n) is 3.28. The van der Waals surface area contributed by atoms with Crippen molar-refractivity contribution in [3.05, 3.63) is 18.0 Å². The van der Waals surface area contributed by atoms with Gasteiger partial charge in [-0.15, -0.1) is 0 Å². The summed E-state index contributed by atoms with van der Waals surface area (Å²) in [6.45, 7) is 10.7. The summed E-state index contributed by atoms with van der Waals surface area (Å²) in [5.74, 6) is 0. The number of rotatable bonds is 6. The van der Waals surface area contributed by atoms with E-state index < -0.39 is 0 Å². The molecule has 0 aliphatic carbocycles. The molecule has 1 aliphatic rings. The van der Waals surface area contributed by atoms with Crippen LogP contribution >= 0.6 is 0 Å². The lowest BCUT2D eigenvalue weighted by atomic mass is 9.82. The molecule has 2 heterocycles. The smallest absolute Gasteiger partial charge is 0.0538 e. The molecule has 0 saturated carbocycles. The molecule has 2 rings (SSSR count). The Labute approximate surface area is 117 Å². The first-order valence-corrected chi connectivity index (χ1v) is 7.64. The maximum Gasteiger partial charge on any atom is 0.0538 e. The predicted octanol–water partition coefficient (Wildman–Crippen LogP) is 2.41. The van der Waals surface area contributed by atoms with Gasteiger partial charge in [-0.3, -0.25) is 9.58 Å². The maximum absolute atomic E-state index is 6.03. The van der Waals surface area contributed by atoms with Crippen molar-refractivity contribution in [3.8, 4) is 0 Å². The van der Waals surface area contributed by atoms with Gasteiger partial charge in [-0.2, -0.15) is 5.10 Å². The highest BCUT2D eigenvalue weighted by molar-refractivity contribution is 5.12. The second-order valence-electron chi connectivity index (χ2n) is 5.81. The molecule has 1 atom stereocenters. The van der Waals surface area contributed by atoms with E-state index in [1.54, 1.807) is 0 Å². The van der Waals surface area contributed by atoms with Crippen LogP contribution in [0.3, 0.4) is 0 Å². The Balaban J connectivity index is 2.11. The molecule has 0 amide bonds. The number of hydrogen-bond acceptors (Lipinski definition) is 3. The molecule has 1 saturated heterocycles. The zero-order chi connectivity index (χ0) is 13.9. The zero-order valence-electron chi connectivity index (χ0n) is 12.6. The first-order valence-electron chi connectivity index (χ1n) is 7.64. The van der Waals surface area contributed by atoms with Crippen LogP contribution in [0, 0.1) is 5.41 Å². The lowest BCUT2D eigenvalue weighted by molar-refractivity contribution is 0.197. The molecule has 0 spiro atoms. The van der Waals surface area contributed by atoms with Crippen LogP contribution in [0.1, 0.15) is 51.6 Å². The van der Waals surface area contributed by atoms with E-state index in [0.29, 0.717) is 18.0 Å². The van der Waals surface area contributed by atoms with Crippen LogP contribution in [0.5, 0.6) is 0 Å². The van der Waals surface area contributed by atoms with Crippen molar-refractivity contribution in [3.63, 3.8) is 0 Å². The third kappa shape index (κ3) is 2.84. The minimum absolute atomic E-state index is 0.334. The SMILES string of the molecule is CCn1cc(C(CN)N2CCC(CC)(CC)C2)cn1. The topological polar surface area (TPSA) is 47.1 Å². The largest absolute Gasteiger partial charge is 0.329 e. The molecule has 0 bridgehead atoms. The summed E-state index contributed by atoms with van der Waals surface area (Å²) in [7, 11) is 0. The monoisotopic (exact) mass is 264 g/mol. The van der Waals surface area contributed by atoms with E-state index in [1.807, 2.05) is 10.9 Å². The highest BCUT2D eigenvalue weighted by Gasteiger charge is 2.37. The van der Waals surface area contributed by atoms with Gasteiger partial charge in [0.2, 0.25) is 0 Å². The third-order valence-corrected chi connectivity index (χ3v) is 4.99. The molecular weight excluding hydrogens is 236 g/mol. The van der Waals surface area contributed by atoms with E-state index in [1.165, 1.54) is 37.9 Å². The number of hydrogen-bond donors (Lipinski definition) is 1. The quantitative estimate of drug-likeness (QED) is 0.858. The summed E-state index contributed by atoms with van der Waals surface area (Å²) < 4.78 is 1.99. The Morgan fingerprint density at radius 2 is 2.11 bits per heavy atom. The van der Waals surface area contributed by atoms with Gasteiger partial charge in [0.05, 0.1) is 12.2 Å². The number of aryl methyl sites for hydroxylation is 1. The lowest BCUT2D eigenvalue weighted by Gasteiger charge is -2.30. The van der Waals surface area contributed by atoms with Gasteiger partial charge in [-0.25, -0.2) is 0 Å². The van der Waals surface area contributed by atoms with Crippen LogP contribution in [0.25, 0.3) is 0 Å². The summed E-state index contributed by atoms with van der Waals surface area (Å²) in [4.78, 5) is 2.56. The van der Waals surface area contributed by atoms with Gasteiger partial charge in [0.1, 0.15) is 0 Å². The van der Waals surface area contributed by atoms with Crippen LogP contribution in [0.2, 0.25) is 0 Å². The molecule has 0 radical (unpaired) electrons. The maximum atomic E-state index is 6.03. The van der Waals surface area contributed by atoms with Gasteiger partial charge < -0.3 is 5.73 Å². The molecule has 4 nitrogen and oxygen atoms in total. The molecule has 0 aromatic carbocycles. The number of nitrogens with zero attached hydrogens (tertiary/aromatic N) is 3. The summed E-state index contributed by atoms with van der Waals surface area (Å²) >= 11 is 0. The standard InChI is InChI=1S/C15H28N4/c1-4-15(5-2)7-8-18(12-15)14(9-16)13-10-17-19(6-3)11-13/h10-11,14H,4-9,12,16H2,1-3H3. The van der Waals surface area contributed by atoms with E-state index in [2.05, 4.69) is 37.0 Å². The minimum Gasteiger partial charge on any atom is -0.329 e. The number of likely N-dealkylation sites (tertiary alicyclic amines) is 1. The number of aromatic nitrogens is 2. The Bertz CT molecular complexity index is 395. The van der Waals surface area contributed by atoms with Gasteiger partial charge in [-0.1, -0.05) is 13.8 Å². The first-order chi connectivity index (χ1) is 9.18. The van der Waals surface area contributed by atoms with E-state index >= 15 is 0 Å². The summed E-state index contributed by atoms with van der Waals surface area (Å²) in [6.07, 6.45) is 7.98. The number of nitrogens with two attached hydrogens (primary N) is 1. The van der Waals surface area contributed by atoms with E-state index in [-0.39, 0.29) is 0 Å². The van der Waals surface area contributed by atoms with Gasteiger partial charge in [-0.05, 0) is 38.1 Å². The molecule has 1 aromatic heterocycles. The lowest BCUT2D eigenvalue weighted by Crippen LogP contribution is -2.34. The van der Waals surface area contributed by atoms with Gasteiger partial charge in [0, 0.05) is 31.4 Å². The molecule has 4 heteroatoms. The average molecular weight is 264 g/mol. The Morgan fingerprint density at radius 1 is 1.37 bits per heavy atom. The molecule has 1 unspecified atom stereocenters. The van der Waals surface area contributed by atoms with E-state index in [9.17, 15) is 0 Å². The Hall–Kier alpha value is -0.870. The van der Waals surface area contributed by atoms with Crippen LogP contribution in [-0.4, -0.2) is 34.3 Å². The first kappa shape index (κ1) is 14.5. The van der Waals surface area contributed by atoms with Crippen LogP contribution in [0.15, 0.2) is 12.4 Å². The van der Waals surface area contributed by atoms with Crippen molar-refractivity contribution in [2.75, 3.05) is 19.6 Å². The molecule has 19 heavy (non-hydrogen) atoms. The molecule has 1 fully saturated rings. The van der Waals surface area contributed by atoms with Gasteiger partial charge >= 0.3 is 0 Å². The van der Waals surface area contributed by atoms with E-state index in [0.717, 1.165) is 6.54 Å². The van der Waals surface area contributed by atoms with Crippen molar-refractivity contribution < 1.29 is 0 Å². The Kier molecular flexibility index (Phi) is 4.63. The highest BCUT2D eigenvalue weighted by atomic mass is 15.3. The van der Waals surface area contributed by atoms with Crippen LogP contribution < -0.4 is 5.73 Å². The van der Waals surface area contributed by atoms with Crippen LogP contribution in [-0.2, 0) is 6.54 Å². The molecule has 1 aliphatic heterocycles. The minimum atomic E-state index is 0.334. The van der Waals surface area contributed by atoms with Crippen molar-refractivity contribution >= 4 is 0 Å². The zero-order valence-corrected chi connectivity index (χ0v) is 12.6. The molecule has 2 N–H and O–H groups in total. The Morgan fingerprint density at radius 3 is 2.58 bits per heavy atom. The van der Waals surface area contributed by atoms with Crippen molar-refractivity contribution in [2.24, 2.45) is 11.1 Å². The average Bonchev–Trinajstić information content (AvgIpc) is 3.07. The van der Waals surface area contributed by atoms with Crippen molar-refractivity contribution in [1.29, 1.82) is 0 Å². The van der Waals surface area contributed by atoms with E-state index in [4.69, 9.17) is 5.73 Å². The second-order valence-corrected chi connectivity index (χ2v) is 5.81. The predicted molar refractivity (Wildman–Crippen MR) is 78.9 cm³/mol.